The van der Waals surface area contributed by atoms with Gasteiger partial charge >= 0.3 is 0 Å². The molecule has 14 heavy (non-hydrogen) atoms. The lowest BCUT2D eigenvalue weighted by Gasteiger charge is -2.40. The highest BCUT2D eigenvalue weighted by Gasteiger charge is 2.31. The second kappa shape index (κ2) is 5.66. The van der Waals surface area contributed by atoms with Crippen LogP contribution in [0.25, 0.3) is 0 Å². The van der Waals surface area contributed by atoms with E-state index < -0.39 is 0 Å². The minimum Gasteiger partial charge on any atom is -0.391 e. The van der Waals surface area contributed by atoms with Gasteiger partial charge in [0.2, 0.25) is 0 Å². The van der Waals surface area contributed by atoms with Crippen LogP contribution in [0.5, 0.6) is 0 Å². The van der Waals surface area contributed by atoms with E-state index >= 15 is 0 Å². The molecule has 1 rings (SSSR count). The molecule has 0 amide bonds. The Morgan fingerprint density at radius 1 is 1.57 bits per heavy atom. The average Bonchev–Trinajstić information content (AvgIpc) is 2.27. The Kier molecular flexibility index (Phi) is 4.81. The van der Waals surface area contributed by atoms with Gasteiger partial charge in [0.05, 0.1) is 12.1 Å². The van der Waals surface area contributed by atoms with E-state index in [9.17, 15) is 10.2 Å². The molecule has 83 valence electrons. The molecular formula is C10H21N2O2. The maximum Gasteiger partial charge on any atom is 0.161 e. The minimum atomic E-state index is -0.364. The summed E-state index contributed by atoms with van der Waals surface area (Å²) in [5.41, 5.74) is 0. The molecule has 2 atom stereocenters. The van der Waals surface area contributed by atoms with E-state index in [1.807, 2.05) is 18.7 Å². The van der Waals surface area contributed by atoms with Crippen molar-refractivity contribution in [1.82, 2.24) is 10.2 Å². The molecule has 4 heteroatoms. The maximum atomic E-state index is 9.79. The number of hydrogen-bond donors (Lipinski definition) is 3. The van der Waals surface area contributed by atoms with Crippen LogP contribution in [-0.2, 0) is 0 Å². The van der Waals surface area contributed by atoms with Crippen molar-refractivity contribution >= 4 is 0 Å². The van der Waals surface area contributed by atoms with Crippen LogP contribution >= 0.6 is 0 Å². The Labute approximate surface area is 85.9 Å². The molecular weight excluding hydrogens is 180 g/mol. The highest BCUT2D eigenvalue weighted by molar-refractivity contribution is 4.91. The van der Waals surface area contributed by atoms with Gasteiger partial charge < -0.3 is 15.5 Å². The number of piperazine rings is 1. The first-order valence-electron chi connectivity index (χ1n) is 5.40. The Hall–Kier alpha value is -0.160. The van der Waals surface area contributed by atoms with E-state index in [4.69, 9.17) is 0 Å². The normalized spacial score (nSPS) is 26.8. The molecule has 0 bridgehead atoms. The molecule has 0 spiro atoms. The topological polar surface area (TPSA) is 55.7 Å². The summed E-state index contributed by atoms with van der Waals surface area (Å²) in [5.74, 6) is 0. The minimum absolute atomic E-state index is 0.0219. The summed E-state index contributed by atoms with van der Waals surface area (Å²) < 4.78 is 0. The van der Waals surface area contributed by atoms with Gasteiger partial charge in [-0.1, -0.05) is 13.8 Å². The lowest BCUT2D eigenvalue weighted by Crippen LogP contribution is -2.57. The van der Waals surface area contributed by atoms with Crippen LogP contribution in [0.1, 0.15) is 26.7 Å². The smallest absolute Gasteiger partial charge is 0.161 e. The van der Waals surface area contributed by atoms with Gasteiger partial charge in [-0.3, -0.25) is 4.90 Å². The number of nitrogens with zero attached hydrogens (tertiary/aromatic N) is 1. The second-order valence-electron chi connectivity index (χ2n) is 3.71. The third kappa shape index (κ3) is 2.67. The molecule has 1 aliphatic rings. The molecule has 1 aliphatic heterocycles. The van der Waals surface area contributed by atoms with Gasteiger partial charge in [0.25, 0.3) is 0 Å². The highest BCUT2D eigenvalue weighted by atomic mass is 16.3. The summed E-state index contributed by atoms with van der Waals surface area (Å²) in [4.78, 5) is 1.92. The molecule has 0 saturated carbocycles. The van der Waals surface area contributed by atoms with Gasteiger partial charge in [-0.25, -0.2) is 0 Å². The molecule has 3 N–H and O–H groups in total. The van der Waals surface area contributed by atoms with E-state index in [0.29, 0.717) is 12.6 Å². The number of aliphatic hydroxyl groups excluding tert-OH is 2. The van der Waals surface area contributed by atoms with Crippen LogP contribution in [0.2, 0.25) is 0 Å². The zero-order valence-corrected chi connectivity index (χ0v) is 9.03. The van der Waals surface area contributed by atoms with Crippen molar-refractivity contribution in [2.24, 2.45) is 0 Å². The van der Waals surface area contributed by atoms with E-state index in [0.717, 1.165) is 26.1 Å². The van der Waals surface area contributed by atoms with E-state index in [2.05, 4.69) is 5.32 Å². The number of nitrogens with one attached hydrogen (secondary N) is 1. The van der Waals surface area contributed by atoms with Crippen LogP contribution in [0.15, 0.2) is 0 Å². The lowest BCUT2D eigenvalue weighted by atomic mass is 10.0. The summed E-state index contributed by atoms with van der Waals surface area (Å²) in [7, 11) is 0. The third-order valence-electron chi connectivity index (χ3n) is 2.79. The van der Waals surface area contributed by atoms with Crippen molar-refractivity contribution in [2.75, 3.05) is 19.6 Å². The Balaban J connectivity index is 2.58. The first-order valence-corrected chi connectivity index (χ1v) is 5.40. The molecule has 1 radical (unpaired) electrons. The molecule has 0 aromatic heterocycles. The van der Waals surface area contributed by atoms with Gasteiger partial charge in [-0.2, -0.15) is 0 Å². The molecule has 0 aromatic carbocycles. The number of aliphatic hydroxyl groups is 2. The Morgan fingerprint density at radius 3 is 2.86 bits per heavy atom. The SMILES string of the molecule is CC[C](O)N1CCNCC1C(O)CC. The van der Waals surface area contributed by atoms with E-state index in [1.165, 1.54) is 0 Å². The zero-order chi connectivity index (χ0) is 10.6. The van der Waals surface area contributed by atoms with Crippen LogP contribution in [0.4, 0.5) is 0 Å². The van der Waals surface area contributed by atoms with Crippen molar-refractivity contribution in [2.45, 2.75) is 38.8 Å². The predicted octanol–water partition coefficient (Wildman–Crippen LogP) is 0.303. The average molecular weight is 201 g/mol. The van der Waals surface area contributed by atoms with Crippen molar-refractivity contribution in [1.29, 1.82) is 0 Å². The van der Waals surface area contributed by atoms with Crippen molar-refractivity contribution < 1.29 is 10.2 Å². The molecule has 1 saturated heterocycles. The highest BCUT2D eigenvalue weighted by Crippen LogP contribution is 2.18. The van der Waals surface area contributed by atoms with Gasteiger partial charge in [0.1, 0.15) is 0 Å². The molecule has 0 aromatic rings. The molecule has 2 unspecified atom stereocenters. The van der Waals surface area contributed by atoms with Crippen LogP contribution in [0, 0.1) is 6.23 Å². The molecule has 0 aliphatic carbocycles. The van der Waals surface area contributed by atoms with E-state index in [-0.39, 0.29) is 12.1 Å². The summed E-state index contributed by atoms with van der Waals surface area (Å²) >= 11 is 0. The Bertz CT molecular complexity index is 148. The quantitative estimate of drug-likeness (QED) is 0.612. The predicted molar refractivity (Wildman–Crippen MR) is 55.1 cm³/mol. The summed E-state index contributed by atoms with van der Waals surface area (Å²) in [6.07, 6.45) is 1.38. The van der Waals surface area contributed by atoms with Crippen molar-refractivity contribution in [3.05, 3.63) is 6.23 Å². The third-order valence-corrected chi connectivity index (χ3v) is 2.79. The lowest BCUT2D eigenvalue weighted by molar-refractivity contribution is -0.0124. The van der Waals surface area contributed by atoms with Crippen molar-refractivity contribution in [3.8, 4) is 0 Å². The fourth-order valence-corrected chi connectivity index (χ4v) is 1.86. The fourth-order valence-electron chi connectivity index (χ4n) is 1.86. The van der Waals surface area contributed by atoms with Gasteiger partial charge in [-0.15, -0.1) is 0 Å². The van der Waals surface area contributed by atoms with E-state index in [1.54, 1.807) is 0 Å². The monoisotopic (exact) mass is 201 g/mol. The van der Waals surface area contributed by atoms with Crippen molar-refractivity contribution in [3.63, 3.8) is 0 Å². The summed E-state index contributed by atoms with van der Waals surface area (Å²) in [6, 6.07) is 0.0219. The standard InChI is InChI=1S/C10H21N2O2/c1-3-9(13)8-7-11-5-6-12(8)10(14)4-2/h8-9,11,13-14H,3-7H2,1-2H3. The number of hydrogen-bond acceptors (Lipinski definition) is 4. The summed E-state index contributed by atoms with van der Waals surface area (Å²) in [5, 5.41) is 22.7. The van der Waals surface area contributed by atoms with Crippen LogP contribution in [0.3, 0.4) is 0 Å². The first kappa shape index (κ1) is 11.9. The maximum absolute atomic E-state index is 9.79. The second-order valence-corrected chi connectivity index (χ2v) is 3.71. The first-order chi connectivity index (χ1) is 6.70. The van der Waals surface area contributed by atoms with Gasteiger partial charge in [-0.05, 0) is 12.8 Å². The number of rotatable bonds is 4. The zero-order valence-electron chi connectivity index (χ0n) is 9.03. The van der Waals surface area contributed by atoms with Gasteiger partial charge in [0, 0.05) is 19.6 Å². The fraction of sp³-hybridized carbons (Fsp3) is 0.900. The Morgan fingerprint density at radius 2 is 2.29 bits per heavy atom. The van der Waals surface area contributed by atoms with Gasteiger partial charge in [0.15, 0.2) is 6.23 Å². The molecule has 4 nitrogen and oxygen atoms in total. The summed E-state index contributed by atoms with van der Waals surface area (Å²) in [6.45, 7) is 6.28. The van der Waals surface area contributed by atoms with Crippen LogP contribution in [-0.4, -0.2) is 46.9 Å². The molecule has 1 heterocycles. The molecule has 1 fully saturated rings. The van der Waals surface area contributed by atoms with Crippen LogP contribution < -0.4 is 5.32 Å². The largest absolute Gasteiger partial charge is 0.391 e.